The lowest BCUT2D eigenvalue weighted by Crippen LogP contribution is -2.10. The van der Waals surface area contributed by atoms with Crippen molar-refractivity contribution in [1.29, 1.82) is 0 Å². The zero-order chi connectivity index (χ0) is 14.6. The van der Waals surface area contributed by atoms with Crippen molar-refractivity contribution in [2.24, 2.45) is 5.92 Å². The minimum Gasteiger partial charge on any atom is -0.388 e. The Morgan fingerprint density at radius 2 is 1.79 bits per heavy atom. The van der Waals surface area contributed by atoms with E-state index in [0.717, 1.165) is 18.9 Å². The Bertz CT molecular complexity index is 412. The molecule has 0 saturated carbocycles. The first kappa shape index (κ1) is 16.0. The summed E-state index contributed by atoms with van der Waals surface area (Å²) in [4.78, 5) is 0. The molecule has 1 unspecified atom stereocenters. The van der Waals surface area contributed by atoms with Crippen molar-refractivity contribution in [2.45, 2.75) is 45.4 Å². The van der Waals surface area contributed by atoms with Gasteiger partial charge in [-0.15, -0.1) is 0 Å². The topological polar surface area (TPSA) is 20.2 Å². The van der Waals surface area contributed by atoms with Crippen LogP contribution in [0.3, 0.4) is 0 Å². The molecule has 1 nitrogen and oxygen atoms in total. The van der Waals surface area contributed by atoms with E-state index in [1.54, 1.807) is 0 Å². The van der Waals surface area contributed by atoms with Crippen molar-refractivity contribution in [3.05, 3.63) is 35.1 Å². The predicted octanol–water partition coefficient (Wildman–Crippen LogP) is 4.70. The second-order valence-electron chi connectivity index (χ2n) is 5.08. The number of aliphatic hydroxyl groups is 1. The minimum absolute atomic E-state index is 0.109. The Hall–Kier alpha value is -1.10. The van der Waals surface area contributed by atoms with Crippen molar-refractivity contribution in [1.82, 2.24) is 0 Å². The van der Waals surface area contributed by atoms with E-state index in [9.17, 15) is 22.7 Å². The van der Waals surface area contributed by atoms with Gasteiger partial charge in [0.2, 0.25) is 0 Å². The summed E-state index contributed by atoms with van der Waals surface area (Å²) in [5, 5.41) is 9.82. The van der Waals surface area contributed by atoms with Gasteiger partial charge in [0.25, 0.3) is 0 Å². The number of benzene rings is 1. The van der Waals surface area contributed by atoms with Gasteiger partial charge >= 0.3 is 6.18 Å². The number of halogens is 4. The number of alkyl halides is 3. The summed E-state index contributed by atoms with van der Waals surface area (Å²) < 4.78 is 50.7. The standard InChI is InChI=1S/C14H18F4O/c1-9(2)4-3-5-13(19)10-6-7-12(15)11(8-10)14(16,17)18/h6-9,13,19H,3-5H2,1-2H3. The molecule has 0 saturated heterocycles. The first-order valence-electron chi connectivity index (χ1n) is 6.26. The molecule has 5 heteroatoms. The molecule has 0 aliphatic heterocycles. The third kappa shape index (κ3) is 4.82. The summed E-state index contributed by atoms with van der Waals surface area (Å²) >= 11 is 0. The highest BCUT2D eigenvalue weighted by Gasteiger charge is 2.34. The molecule has 1 aromatic carbocycles. The molecule has 0 heterocycles. The average molecular weight is 278 g/mol. The maximum absolute atomic E-state index is 13.1. The summed E-state index contributed by atoms with van der Waals surface area (Å²) in [5.41, 5.74) is -1.22. The molecule has 0 radical (unpaired) electrons. The predicted molar refractivity (Wildman–Crippen MR) is 65.1 cm³/mol. The van der Waals surface area contributed by atoms with E-state index >= 15 is 0 Å². The second kappa shape index (κ2) is 6.37. The van der Waals surface area contributed by atoms with Crippen LogP contribution in [0.25, 0.3) is 0 Å². The van der Waals surface area contributed by atoms with Gasteiger partial charge in [0.05, 0.1) is 11.7 Å². The summed E-state index contributed by atoms with van der Waals surface area (Å²) in [7, 11) is 0. The van der Waals surface area contributed by atoms with E-state index in [4.69, 9.17) is 0 Å². The fraction of sp³-hybridized carbons (Fsp3) is 0.571. The van der Waals surface area contributed by atoms with E-state index < -0.39 is 23.7 Å². The number of rotatable bonds is 5. The molecule has 1 atom stereocenters. The van der Waals surface area contributed by atoms with Gasteiger partial charge in [0.15, 0.2) is 0 Å². The molecule has 0 bridgehead atoms. The summed E-state index contributed by atoms with van der Waals surface area (Å²) in [6.45, 7) is 4.07. The van der Waals surface area contributed by atoms with Crippen LogP contribution in [0.15, 0.2) is 18.2 Å². The largest absolute Gasteiger partial charge is 0.419 e. The molecule has 108 valence electrons. The monoisotopic (exact) mass is 278 g/mol. The van der Waals surface area contributed by atoms with Gasteiger partial charge in [-0.05, 0) is 30.0 Å². The number of aliphatic hydroxyl groups excluding tert-OH is 1. The molecule has 0 aliphatic rings. The summed E-state index contributed by atoms with van der Waals surface area (Å²) in [6, 6.07) is 2.64. The quantitative estimate of drug-likeness (QED) is 0.774. The van der Waals surface area contributed by atoms with Crippen LogP contribution >= 0.6 is 0 Å². The molecule has 0 aromatic heterocycles. The third-order valence-corrected chi connectivity index (χ3v) is 2.94. The van der Waals surface area contributed by atoms with Crippen LogP contribution in [-0.4, -0.2) is 5.11 Å². The van der Waals surface area contributed by atoms with Gasteiger partial charge in [0, 0.05) is 0 Å². The lowest BCUT2D eigenvalue weighted by Gasteiger charge is -2.15. The van der Waals surface area contributed by atoms with E-state index in [0.29, 0.717) is 18.4 Å². The first-order valence-corrected chi connectivity index (χ1v) is 6.26. The molecular weight excluding hydrogens is 260 g/mol. The minimum atomic E-state index is -4.74. The maximum atomic E-state index is 13.1. The molecule has 0 fully saturated rings. The zero-order valence-corrected chi connectivity index (χ0v) is 11.0. The molecule has 19 heavy (non-hydrogen) atoms. The molecular formula is C14H18F4O. The van der Waals surface area contributed by atoms with Crippen LogP contribution in [0.4, 0.5) is 17.6 Å². The fourth-order valence-electron chi connectivity index (χ4n) is 1.85. The van der Waals surface area contributed by atoms with Gasteiger partial charge in [-0.25, -0.2) is 4.39 Å². The van der Waals surface area contributed by atoms with Crippen molar-refractivity contribution >= 4 is 0 Å². The number of hydrogen-bond acceptors (Lipinski definition) is 1. The van der Waals surface area contributed by atoms with Gasteiger partial charge < -0.3 is 5.11 Å². The van der Waals surface area contributed by atoms with E-state index in [2.05, 4.69) is 0 Å². The van der Waals surface area contributed by atoms with E-state index in [1.807, 2.05) is 13.8 Å². The fourth-order valence-corrected chi connectivity index (χ4v) is 1.85. The van der Waals surface area contributed by atoms with E-state index in [-0.39, 0.29) is 5.56 Å². The van der Waals surface area contributed by atoms with E-state index in [1.165, 1.54) is 6.07 Å². The van der Waals surface area contributed by atoms with Crippen LogP contribution in [0.1, 0.15) is 50.3 Å². The Balaban J connectivity index is 2.78. The molecule has 1 N–H and O–H groups in total. The van der Waals surface area contributed by atoms with Crippen LogP contribution in [-0.2, 0) is 6.18 Å². The first-order chi connectivity index (χ1) is 8.71. The Morgan fingerprint density at radius 3 is 2.32 bits per heavy atom. The molecule has 0 spiro atoms. The van der Waals surface area contributed by atoms with Crippen LogP contribution in [0, 0.1) is 11.7 Å². The lowest BCUT2D eigenvalue weighted by molar-refractivity contribution is -0.140. The third-order valence-electron chi connectivity index (χ3n) is 2.94. The van der Waals surface area contributed by atoms with Crippen LogP contribution in [0.2, 0.25) is 0 Å². The highest BCUT2D eigenvalue weighted by Crippen LogP contribution is 2.33. The highest BCUT2D eigenvalue weighted by molar-refractivity contribution is 5.28. The maximum Gasteiger partial charge on any atom is 0.419 e. The Kier molecular flexibility index (Phi) is 5.35. The van der Waals surface area contributed by atoms with Crippen molar-refractivity contribution in [3.8, 4) is 0 Å². The average Bonchev–Trinajstić information content (AvgIpc) is 2.27. The molecule has 1 rings (SSSR count). The van der Waals surface area contributed by atoms with Gasteiger partial charge in [-0.3, -0.25) is 0 Å². The summed E-state index contributed by atoms with van der Waals surface area (Å²) in [6.07, 6.45) is -3.73. The van der Waals surface area contributed by atoms with Gasteiger partial charge in [0.1, 0.15) is 5.82 Å². The van der Waals surface area contributed by atoms with Crippen molar-refractivity contribution in [3.63, 3.8) is 0 Å². The van der Waals surface area contributed by atoms with Gasteiger partial charge in [-0.1, -0.05) is 32.8 Å². The lowest BCUT2D eigenvalue weighted by atomic mass is 9.98. The Labute approximate surface area is 110 Å². The SMILES string of the molecule is CC(C)CCCC(O)c1ccc(F)c(C(F)(F)F)c1. The van der Waals surface area contributed by atoms with Crippen molar-refractivity contribution < 1.29 is 22.7 Å². The smallest absolute Gasteiger partial charge is 0.388 e. The van der Waals surface area contributed by atoms with Crippen molar-refractivity contribution in [2.75, 3.05) is 0 Å². The summed E-state index contributed by atoms with van der Waals surface area (Å²) in [5.74, 6) is -0.836. The van der Waals surface area contributed by atoms with Crippen LogP contribution < -0.4 is 0 Å². The molecule has 0 aliphatic carbocycles. The van der Waals surface area contributed by atoms with Crippen LogP contribution in [0.5, 0.6) is 0 Å². The molecule has 0 amide bonds. The normalized spacial score (nSPS) is 13.9. The zero-order valence-electron chi connectivity index (χ0n) is 11.0. The second-order valence-corrected chi connectivity index (χ2v) is 5.08. The van der Waals surface area contributed by atoms with Gasteiger partial charge in [-0.2, -0.15) is 13.2 Å². The highest BCUT2D eigenvalue weighted by atomic mass is 19.4. The number of hydrogen-bond donors (Lipinski definition) is 1. The molecule has 1 aromatic rings. The Morgan fingerprint density at radius 1 is 1.16 bits per heavy atom.